The Kier molecular flexibility index (Phi) is 7.56. The molecule has 0 spiro atoms. The lowest BCUT2D eigenvalue weighted by atomic mass is 9.89. The van der Waals surface area contributed by atoms with Crippen LogP contribution < -0.4 is 10.1 Å². The summed E-state index contributed by atoms with van der Waals surface area (Å²) < 4.78 is 5.71. The van der Waals surface area contributed by atoms with Gasteiger partial charge < -0.3 is 10.1 Å². The second-order valence-electron chi connectivity index (χ2n) is 5.85. The molecule has 0 aliphatic carbocycles. The Labute approximate surface area is 133 Å². The quantitative estimate of drug-likeness (QED) is 0.681. The molecule has 1 aromatic rings. The van der Waals surface area contributed by atoms with Crippen molar-refractivity contribution in [3.05, 3.63) is 28.8 Å². The van der Waals surface area contributed by atoms with Gasteiger partial charge in [-0.1, -0.05) is 24.6 Å². The number of benzene rings is 1. The molecule has 0 saturated carbocycles. The van der Waals surface area contributed by atoms with E-state index in [1.165, 1.54) is 0 Å². The van der Waals surface area contributed by atoms with Gasteiger partial charge in [0.1, 0.15) is 5.75 Å². The molecule has 0 heterocycles. The maximum Gasteiger partial charge on any atom is 0.137 e. The lowest BCUT2D eigenvalue weighted by Gasteiger charge is -2.14. The van der Waals surface area contributed by atoms with Crippen LogP contribution in [0.25, 0.3) is 0 Å². The van der Waals surface area contributed by atoms with Crippen LogP contribution in [0.4, 0.5) is 0 Å². The molecule has 1 N–H and O–H groups in total. The average Bonchev–Trinajstić information content (AvgIpc) is 2.46. The first-order chi connectivity index (χ1) is 9.98. The van der Waals surface area contributed by atoms with Gasteiger partial charge in [0.2, 0.25) is 0 Å². The van der Waals surface area contributed by atoms with Gasteiger partial charge in [0, 0.05) is 6.54 Å². The zero-order valence-corrected chi connectivity index (χ0v) is 14.0. The molecule has 4 heteroatoms. The van der Waals surface area contributed by atoms with Crippen molar-refractivity contribution in [1.82, 2.24) is 5.32 Å². The molecular weight excluding hydrogens is 284 g/mol. The first kappa shape index (κ1) is 17.8. The SMILES string of the molecule is CCNCc1ccc(OCCCCC(C)(C)C#N)c(Cl)c1. The minimum atomic E-state index is -0.244. The fraction of sp³-hybridized carbons (Fsp3) is 0.588. The molecule has 0 saturated heterocycles. The topological polar surface area (TPSA) is 45.0 Å². The number of nitrogens with one attached hydrogen (secondary N) is 1. The van der Waals surface area contributed by atoms with Crippen molar-refractivity contribution in [3.8, 4) is 11.8 Å². The van der Waals surface area contributed by atoms with Gasteiger partial charge in [-0.15, -0.1) is 0 Å². The number of rotatable bonds is 9. The van der Waals surface area contributed by atoms with Crippen molar-refractivity contribution >= 4 is 11.6 Å². The molecular formula is C17H25ClN2O. The highest BCUT2D eigenvalue weighted by Gasteiger charge is 2.15. The summed E-state index contributed by atoms with van der Waals surface area (Å²) in [6.07, 6.45) is 2.81. The summed E-state index contributed by atoms with van der Waals surface area (Å²) in [5.74, 6) is 0.733. The van der Waals surface area contributed by atoms with Gasteiger partial charge >= 0.3 is 0 Å². The number of hydrogen-bond donors (Lipinski definition) is 1. The fourth-order valence-corrected chi connectivity index (χ4v) is 2.21. The Bertz CT molecular complexity index is 480. The maximum absolute atomic E-state index is 8.95. The molecule has 1 aromatic carbocycles. The summed E-state index contributed by atoms with van der Waals surface area (Å²) in [5.41, 5.74) is 0.913. The molecule has 0 radical (unpaired) electrons. The lowest BCUT2D eigenvalue weighted by molar-refractivity contribution is 0.295. The molecule has 0 bridgehead atoms. The van der Waals surface area contributed by atoms with Crippen LogP contribution >= 0.6 is 11.6 Å². The highest BCUT2D eigenvalue weighted by molar-refractivity contribution is 6.32. The molecule has 0 fully saturated rings. The number of unbranched alkanes of at least 4 members (excludes halogenated alkanes) is 1. The van der Waals surface area contributed by atoms with Crippen LogP contribution in [-0.2, 0) is 6.54 Å². The van der Waals surface area contributed by atoms with Gasteiger partial charge in [-0.25, -0.2) is 0 Å². The van der Waals surface area contributed by atoms with Crippen LogP contribution in [0.5, 0.6) is 5.75 Å². The highest BCUT2D eigenvalue weighted by Crippen LogP contribution is 2.26. The molecule has 0 aromatic heterocycles. The van der Waals surface area contributed by atoms with Crippen LogP contribution in [-0.4, -0.2) is 13.2 Å². The van der Waals surface area contributed by atoms with E-state index in [1.54, 1.807) is 0 Å². The van der Waals surface area contributed by atoms with Crippen molar-refractivity contribution in [3.63, 3.8) is 0 Å². The fourth-order valence-electron chi connectivity index (χ4n) is 1.95. The summed E-state index contributed by atoms with van der Waals surface area (Å²) in [6.45, 7) is 8.40. The predicted octanol–water partition coefficient (Wildman–Crippen LogP) is 4.55. The first-order valence-electron chi connectivity index (χ1n) is 7.51. The highest BCUT2D eigenvalue weighted by atomic mass is 35.5. The minimum Gasteiger partial charge on any atom is -0.492 e. The van der Waals surface area contributed by atoms with E-state index in [1.807, 2.05) is 32.0 Å². The molecule has 0 unspecified atom stereocenters. The molecule has 0 aliphatic heterocycles. The number of nitrogens with zero attached hydrogens (tertiary/aromatic N) is 1. The van der Waals surface area contributed by atoms with Crippen molar-refractivity contribution in [2.45, 2.75) is 46.6 Å². The number of nitriles is 1. The zero-order valence-electron chi connectivity index (χ0n) is 13.2. The van der Waals surface area contributed by atoms with Crippen LogP contribution in [0.3, 0.4) is 0 Å². The van der Waals surface area contributed by atoms with Crippen LogP contribution in [0, 0.1) is 16.7 Å². The second-order valence-corrected chi connectivity index (χ2v) is 6.25. The van der Waals surface area contributed by atoms with Crippen LogP contribution in [0.1, 0.15) is 45.6 Å². The van der Waals surface area contributed by atoms with Crippen molar-refractivity contribution in [1.29, 1.82) is 5.26 Å². The van der Waals surface area contributed by atoms with Crippen LogP contribution in [0.2, 0.25) is 5.02 Å². The smallest absolute Gasteiger partial charge is 0.137 e. The monoisotopic (exact) mass is 308 g/mol. The Morgan fingerprint density at radius 1 is 1.33 bits per heavy atom. The molecule has 116 valence electrons. The van der Waals surface area contributed by atoms with E-state index in [-0.39, 0.29) is 5.41 Å². The van der Waals surface area contributed by atoms with Gasteiger partial charge in [-0.2, -0.15) is 5.26 Å². The molecule has 3 nitrogen and oxygen atoms in total. The Balaban J connectivity index is 2.34. The van der Waals surface area contributed by atoms with Gasteiger partial charge in [0.25, 0.3) is 0 Å². The second kappa shape index (κ2) is 8.92. The molecule has 0 atom stereocenters. The van der Waals surface area contributed by atoms with Gasteiger partial charge in [-0.3, -0.25) is 0 Å². The van der Waals surface area contributed by atoms with Gasteiger partial charge in [0.05, 0.1) is 23.1 Å². The third-order valence-electron chi connectivity index (χ3n) is 3.33. The van der Waals surface area contributed by atoms with Gasteiger partial charge in [0.15, 0.2) is 0 Å². The number of hydrogen-bond acceptors (Lipinski definition) is 3. The summed E-state index contributed by atoms with van der Waals surface area (Å²) >= 11 is 6.22. The molecule has 0 amide bonds. The third-order valence-corrected chi connectivity index (χ3v) is 3.63. The summed E-state index contributed by atoms with van der Waals surface area (Å²) in [4.78, 5) is 0. The van der Waals surface area contributed by atoms with Crippen molar-refractivity contribution in [2.24, 2.45) is 5.41 Å². The first-order valence-corrected chi connectivity index (χ1v) is 7.89. The van der Waals surface area contributed by atoms with E-state index in [2.05, 4.69) is 18.3 Å². The minimum absolute atomic E-state index is 0.244. The third kappa shape index (κ3) is 6.84. The van der Waals surface area contributed by atoms with E-state index in [0.29, 0.717) is 11.6 Å². The average molecular weight is 309 g/mol. The van der Waals surface area contributed by atoms with E-state index < -0.39 is 0 Å². The number of ether oxygens (including phenoxy) is 1. The summed E-state index contributed by atoms with van der Waals surface area (Å²) in [7, 11) is 0. The normalized spacial score (nSPS) is 11.2. The Morgan fingerprint density at radius 2 is 2.10 bits per heavy atom. The van der Waals surface area contributed by atoms with E-state index in [9.17, 15) is 0 Å². The molecule has 0 aliphatic rings. The molecule has 21 heavy (non-hydrogen) atoms. The number of halogens is 1. The van der Waals surface area contributed by atoms with Gasteiger partial charge in [-0.05, 0) is 57.4 Å². The largest absolute Gasteiger partial charge is 0.492 e. The standard InChI is InChI=1S/C17H25ClN2O/c1-4-20-12-14-7-8-16(15(18)11-14)21-10-6-5-9-17(2,3)13-19/h7-8,11,20H,4-6,9-10,12H2,1-3H3. The van der Waals surface area contributed by atoms with E-state index in [4.69, 9.17) is 21.6 Å². The van der Waals surface area contributed by atoms with Crippen molar-refractivity contribution in [2.75, 3.05) is 13.2 Å². The zero-order chi connectivity index (χ0) is 15.7. The summed E-state index contributed by atoms with van der Waals surface area (Å²) in [6, 6.07) is 8.21. The summed E-state index contributed by atoms with van der Waals surface area (Å²) in [5, 5.41) is 12.9. The predicted molar refractivity (Wildman–Crippen MR) is 87.6 cm³/mol. The lowest BCUT2D eigenvalue weighted by Crippen LogP contribution is -2.11. The molecule has 1 rings (SSSR count). The van der Waals surface area contributed by atoms with E-state index >= 15 is 0 Å². The Hall–Kier alpha value is -1.24. The van der Waals surface area contributed by atoms with E-state index in [0.717, 1.165) is 43.7 Å². The maximum atomic E-state index is 8.95. The van der Waals surface area contributed by atoms with Crippen LogP contribution in [0.15, 0.2) is 18.2 Å². The van der Waals surface area contributed by atoms with Crippen molar-refractivity contribution < 1.29 is 4.74 Å². The Morgan fingerprint density at radius 3 is 2.71 bits per heavy atom.